The predicted octanol–water partition coefficient (Wildman–Crippen LogP) is -0.153. The minimum Gasteiger partial charge on any atom is -0.366 e. The third-order valence-corrected chi connectivity index (χ3v) is 2.99. The van der Waals surface area contributed by atoms with Gasteiger partial charge in [0.25, 0.3) is 0 Å². The maximum Gasteiger partial charge on any atom is 0.166 e. The lowest BCUT2D eigenvalue weighted by atomic mass is 10.5. The second-order valence-corrected chi connectivity index (χ2v) is 4.48. The van der Waals surface area contributed by atoms with Crippen LogP contribution in [0.2, 0.25) is 0 Å². The monoisotopic (exact) mass is 194 g/mol. The van der Waals surface area contributed by atoms with Crippen LogP contribution in [-0.2, 0) is 10.8 Å². The van der Waals surface area contributed by atoms with E-state index in [1.165, 1.54) is 0 Å². The van der Waals surface area contributed by atoms with Gasteiger partial charge in [-0.15, -0.1) is 0 Å². The van der Waals surface area contributed by atoms with Crippen LogP contribution in [0.25, 0.3) is 0 Å². The van der Waals surface area contributed by atoms with Gasteiger partial charge in [-0.3, -0.25) is 4.21 Å². The molecule has 0 heterocycles. The van der Waals surface area contributed by atoms with Crippen molar-refractivity contribution >= 4 is 28.1 Å². The zero-order chi connectivity index (χ0) is 8.85. The summed E-state index contributed by atoms with van der Waals surface area (Å²) in [4.78, 5) is 0. The SMILES string of the molecule is CNC(=S)NCC(C)S(C)=O. The first-order valence-electron chi connectivity index (χ1n) is 3.35. The summed E-state index contributed by atoms with van der Waals surface area (Å²) in [5.41, 5.74) is 0. The highest BCUT2D eigenvalue weighted by atomic mass is 32.2. The Labute approximate surface area is 75.4 Å². The molecule has 0 rings (SSSR count). The Bertz CT molecular complexity index is 161. The van der Waals surface area contributed by atoms with Crippen LogP contribution in [0.4, 0.5) is 0 Å². The Morgan fingerprint density at radius 2 is 2.27 bits per heavy atom. The average Bonchev–Trinajstić information content (AvgIpc) is 1.99. The van der Waals surface area contributed by atoms with Gasteiger partial charge in [0.2, 0.25) is 0 Å². The molecule has 11 heavy (non-hydrogen) atoms. The molecule has 0 aliphatic heterocycles. The van der Waals surface area contributed by atoms with Gasteiger partial charge in [0.15, 0.2) is 5.11 Å². The smallest absolute Gasteiger partial charge is 0.166 e. The molecule has 2 N–H and O–H groups in total. The van der Waals surface area contributed by atoms with E-state index in [1.807, 2.05) is 6.92 Å². The average molecular weight is 194 g/mol. The summed E-state index contributed by atoms with van der Waals surface area (Å²) in [6.07, 6.45) is 1.69. The molecule has 2 atom stereocenters. The summed E-state index contributed by atoms with van der Waals surface area (Å²) < 4.78 is 10.9. The van der Waals surface area contributed by atoms with Crippen molar-refractivity contribution < 1.29 is 4.21 Å². The summed E-state index contributed by atoms with van der Waals surface area (Å²) in [6.45, 7) is 2.57. The van der Waals surface area contributed by atoms with E-state index >= 15 is 0 Å². The van der Waals surface area contributed by atoms with E-state index in [4.69, 9.17) is 12.2 Å². The van der Waals surface area contributed by atoms with Crippen LogP contribution < -0.4 is 10.6 Å². The zero-order valence-corrected chi connectivity index (χ0v) is 8.64. The van der Waals surface area contributed by atoms with Crippen molar-refractivity contribution in [3.63, 3.8) is 0 Å². The Balaban J connectivity index is 3.54. The number of hydrogen-bond acceptors (Lipinski definition) is 2. The molecule has 0 aromatic carbocycles. The van der Waals surface area contributed by atoms with Gasteiger partial charge in [-0.25, -0.2) is 0 Å². The Morgan fingerprint density at radius 1 is 1.73 bits per heavy atom. The molecule has 0 saturated carbocycles. The highest BCUT2D eigenvalue weighted by Crippen LogP contribution is 1.88. The molecule has 0 aliphatic rings. The fourth-order valence-electron chi connectivity index (χ4n) is 0.442. The molecule has 0 spiro atoms. The third-order valence-electron chi connectivity index (χ3n) is 1.34. The highest BCUT2D eigenvalue weighted by molar-refractivity contribution is 7.84. The Kier molecular flexibility index (Phi) is 5.41. The molecular weight excluding hydrogens is 180 g/mol. The Morgan fingerprint density at radius 3 is 2.64 bits per heavy atom. The van der Waals surface area contributed by atoms with E-state index in [1.54, 1.807) is 13.3 Å². The van der Waals surface area contributed by atoms with Gasteiger partial charge < -0.3 is 10.6 Å². The van der Waals surface area contributed by atoms with E-state index in [9.17, 15) is 4.21 Å². The summed E-state index contributed by atoms with van der Waals surface area (Å²) in [5, 5.41) is 6.46. The van der Waals surface area contributed by atoms with E-state index in [2.05, 4.69) is 10.6 Å². The number of rotatable bonds is 3. The molecule has 5 heteroatoms. The van der Waals surface area contributed by atoms with Gasteiger partial charge in [0.1, 0.15) is 0 Å². The van der Waals surface area contributed by atoms with Crippen molar-refractivity contribution in [3.8, 4) is 0 Å². The molecule has 0 saturated heterocycles. The maximum absolute atomic E-state index is 10.9. The molecule has 0 aromatic rings. The lowest BCUT2D eigenvalue weighted by Crippen LogP contribution is -2.37. The standard InChI is InChI=1S/C6H14N2OS2/c1-5(11(3)9)4-8-6(10)7-2/h5H,4H2,1-3H3,(H2,7,8,10). The molecule has 0 radical (unpaired) electrons. The van der Waals surface area contributed by atoms with Crippen molar-refractivity contribution in [1.29, 1.82) is 0 Å². The van der Waals surface area contributed by atoms with E-state index < -0.39 is 10.8 Å². The highest BCUT2D eigenvalue weighted by Gasteiger charge is 2.04. The molecule has 0 aliphatic carbocycles. The first-order chi connectivity index (χ1) is 5.07. The van der Waals surface area contributed by atoms with Crippen LogP contribution in [-0.4, -0.2) is 34.4 Å². The van der Waals surface area contributed by atoms with Gasteiger partial charge in [-0.1, -0.05) is 0 Å². The van der Waals surface area contributed by atoms with Crippen LogP contribution >= 0.6 is 12.2 Å². The fourth-order valence-corrected chi connectivity index (χ4v) is 0.844. The van der Waals surface area contributed by atoms with E-state index in [0.29, 0.717) is 11.7 Å². The molecule has 0 aromatic heterocycles. The van der Waals surface area contributed by atoms with Crippen molar-refractivity contribution in [1.82, 2.24) is 10.6 Å². The quantitative estimate of drug-likeness (QED) is 0.613. The van der Waals surface area contributed by atoms with Crippen LogP contribution in [0.15, 0.2) is 0 Å². The third kappa shape index (κ3) is 5.15. The van der Waals surface area contributed by atoms with Crippen molar-refractivity contribution in [2.45, 2.75) is 12.2 Å². The topological polar surface area (TPSA) is 41.1 Å². The largest absolute Gasteiger partial charge is 0.366 e. The van der Waals surface area contributed by atoms with E-state index in [-0.39, 0.29) is 5.25 Å². The van der Waals surface area contributed by atoms with Crippen LogP contribution in [0.3, 0.4) is 0 Å². The van der Waals surface area contributed by atoms with E-state index in [0.717, 1.165) is 0 Å². The maximum atomic E-state index is 10.9. The molecule has 0 amide bonds. The molecule has 3 nitrogen and oxygen atoms in total. The summed E-state index contributed by atoms with van der Waals surface area (Å²) in [5.74, 6) is 0. The molecule has 0 fully saturated rings. The van der Waals surface area contributed by atoms with Gasteiger partial charge >= 0.3 is 0 Å². The second-order valence-electron chi connectivity index (χ2n) is 2.27. The number of nitrogens with one attached hydrogen (secondary N) is 2. The predicted molar refractivity (Wildman–Crippen MR) is 53.2 cm³/mol. The lowest BCUT2D eigenvalue weighted by molar-refractivity contribution is 0.673. The lowest BCUT2D eigenvalue weighted by Gasteiger charge is -2.10. The van der Waals surface area contributed by atoms with Gasteiger partial charge in [-0.2, -0.15) is 0 Å². The number of hydrogen-bond donors (Lipinski definition) is 2. The van der Waals surface area contributed by atoms with Gasteiger partial charge in [0, 0.05) is 35.9 Å². The van der Waals surface area contributed by atoms with Crippen molar-refractivity contribution in [2.75, 3.05) is 19.8 Å². The van der Waals surface area contributed by atoms with Crippen LogP contribution in [0.1, 0.15) is 6.92 Å². The molecular formula is C6H14N2OS2. The van der Waals surface area contributed by atoms with Gasteiger partial charge in [-0.05, 0) is 19.1 Å². The van der Waals surface area contributed by atoms with Gasteiger partial charge in [0.05, 0.1) is 0 Å². The molecule has 66 valence electrons. The first-order valence-corrected chi connectivity index (χ1v) is 5.38. The Hall–Kier alpha value is -0.160. The minimum absolute atomic E-state index is 0.140. The van der Waals surface area contributed by atoms with Crippen molar-refractivity contribution in [2.24, 2.45) is 0 Å². The number of thiocarbonyl (C=S) groups is 1. The zero-order valence-electron chi connectivity index (χ0n) is 7.01. The normalized spacial score (nSPS) is 15.2. The minimum atomic E-state index is -0.779. The summed E-state index contributed by atoms with van der Waals surface area (Å²) in [7, 11) is 0.974. The first kappa shape index (κ1) is 10.8. The van der Waals surface area contributed by atoms with Crippen molar-refractivity contribution in [3.05, 3.63) is 0 Å². The molecule has 2 unspecified atom stereocenters. The second kappa shape index (κ2) is 5.49. The summed E-state index contributed by atoms with van der Waals surface area (Å²) >= 11 is 4.84. The summed E-state index contributed by atoms with van der Waals surface area (Å²) in [6, 6.07) is 0. The van der Waals surface area contributed by atoms with Crippen LogP contribution in [0.5, 0.6) is 0 Å². The fraction of sp³-hybridized carbons (Fsp3) is 0.833. The molecule has 0 bridgehead atoms. The van der Waals surface area contributed by atoms with Crippen LogP contribution in [0, 0.1) is 0 Å².